The predicted octanol–water partition coefficient (Wildman–Crippen LogP) is 4.03. The highest BCUT2D eigenvalue weighted by atomic mass is 16.3. The van der Waals surface area contributed by atoms with Gasteiger partial charge in [-0.2, -0.15) is 0 Å². The highest BCUT2D eigenvalue weighted by Crippen LogP contribution is 2.38. The average Bonchev–Trinajstić information content (AvgIpc) is 2.47. The molecule has 1 atom stereocenters. The first-order valence-electron chi connectivity index (χ1n) is 7.79. The highest BCUT2D eigenvalue weighted by molar-refractivity contribution is 5.38. The summed E-state index contributed by atoms with van der Waals surface area (Å²) in [6, 6.07) is 7.21. The second-order valence-electron chi connectivity index (χ2n) is 6.25. The molecule has 2 aliphatic carbocycles. The Morgan fingerprint density at radius 3 is 2.63 bits per heavy atom. The SMILES string of the molecule is CN(C1CCCCC1)C1CCCc2ccc(O)cc21. The van der Waals surface area contributed by atoms with Gasteiger partial charge in [0.15, 0.2) is 0 Å². The molecule has 0 aliphatic heterocycles. The molecule has 104 valence electrons. The fraction of sp³-hybridized carbons (Fsp3) is 0.647. The van der Waals surface area contributed by atoms with Crippen molar-refractivity contribution in [3.63, 3.8) is 0 Å². The summed E-state index contributed by atoms with van der Waals surface area (Å²) in [4.78, 5) is 2.59. The molecule has 0 spiro atoms. The van der Waals surface area contributed by atoms with E-state index in [1.807, 2.05) is 12.1 Å². The zero-order valence-corrected chi connectivity index (χ0v) is 11.9. The van der Waals surface area contributed by atoms with Crippen LogP contribution in [0.3, 0.4) is 0 Å². The monoisotopic (exact) mass is 259 g/mol. The molecular weight excluding hydrogens is 234 g/mol. The Morgan fingerprint density at radius 1 is 1.05 bits per heavy atom. The van der Waals surface area contributed by atoms with Crippen molar-refractivity contribution in [1.29, 1.82) is 0 Å². The van der Waals surface area contributed by atoms with E-state index in [9.17, 15) is 5.11 Å². The molecule has 2 nitrogen and oxygen atoms in total. The Kier molecular flexibility index (Phi) is 3.79. The summed E-state index contributed by atoms with van der Waals surface area (Å²) in [6.45, 7) is 0. The third kappa shape index (κ3) is 2.64. The van der Waals surface area contributed by atoms with Gasteiger partial charge in [0.25, 0.3) is 0 Å². The summed E-state index contributed by atoms with van der Waals surface area (Å²) in [5.74, 6) is 0.419. The van der Waals surface area contributed by atoms with Gasteiger partial charge in [-0.15, -0.1) is 0 Å². The van der Waals surface area contributed by atoms with Crippen molar-refractivity contribution in [2.45, 2.75) is 63.5 Å². The van der Waals surface area contributed by atoms with Gasteiger partial charge < -0.3 is 5.11 Å². The molecule has 0 heterocycles. The summed E-state index contributed by atoms with van der Waals surface area (Å²) < 4.78 is 0. The molecule has 1 aromatic rings. The van der Waals surface area contributed by atoms with Crippen LogP contribution in [0, 0.1) is 0 Å². The van der Waals surface area contributed by atoms with Gasteiger partial charge in [-0.1, -0.05) is 25.3 Å². The standard InChI is InChI=1S/C17H25NO/c1-18(14-7-3-2-4-8-14)17-9-5-6-13-10-11-15(19)12-16(13)17/h10-12,14,17,19H,2-9H2,1H3. The van der Waals surface area contributed by atoms with Crippen molar-refractivity contribution >= 4 is 0 Å². The molecule has 1 fully saturated rings. The summed E-state index contributed by atoms with van der Waals surface area (Å²) in [5.41, 5.74) is 2.82. The Morgan fingerprint density at radius 2 is 1.84 bits per heavy atom. The molecule has 1 unspecified atom stereocenters. The number of phenols is 1. The number of rotatable bonds is 2. The second kappa shape index (κ2) is 5.54. The Hall–Kier alpha value is -1.02. The third-order valence-corrected chi connectivity index (χ3v) is 5.05. The van der Waals surface area contributed by atoms with Crippen LogP contribution in [-0.2, 0) is 6.42 Å². The lowest BCUT2D eigenvalue weighted by atomic mass is 9.84. The quantitative estimate of drug-likeness (QED) is 0.866. The van der Waals surface area contributed by atoms with Crippen LogP contribution >= 0.6 is 0 Å². The van der Waals surface area contributed by atoms with Crippen molar-refractivity contribution in [2.24, 2.45) is 0 Å². The summed E-state index contributed by atoms with van der Waals surface area (Å²) >= 11 is 0. The van der Waals surface area contributed by atoms with Gasteiger partial charge in [0.1, 0.15) is 5.75 Å². The summed E-state index contributed by atoms with van der Waals surface area (Å²) in [5, 5.41) is 9.78. The van der Waals surface area contributed by atoms with Crippen LogP contribution in [0.4, 0.5) is 0 Å². The fourth-order valence-corrected chi connectivity index (χ4v) is 3.93. The normalized spacial score (nSPS) is 24.4. The van der Waals surface area contributed by atoms with E-state index in [1.54, 1.807) is 0 Å². The van der Waals surface area contributed by atoms with E-state index in [4.69, 9.17) is 0 Å². The predicted molar refractivity (Wildman–Crippen MR) is 78.4 cm³/mol. The van der Waals surface area contributed by atoms with Gasteiger partial charge in [-0.05, 0) is 62.4 Å². The number of benzene rings is 1. The molecule has 2 aliphatic rings. The number of aryl methyl sites for hydroxylation is 1. The van der Waals surface area contributed by atoms with Crippen LogP contribution in [0.15, 0.2) is 18.2 Å². The van der Waals surface area contributed by atoms with E-state index in [-0.39, 0.29) is 0 Å². The summed E-state index contributed by atoms with van der Waals surface area (Å²) in [6.07, 6.45) is 10.6. The van der Waals surface area contributed by atoms with Gasteiger partial charge in [0, 0.05) is 12.1 Å². The molecule has 1 saturated carbocycles. The first-order chi connectivity index (χ1) is 9.25. The number of hydrogen-bond acceptors (Lipinski definition) is 2. The van der Waals surface area contributed by atoms with Crippen LogP contribution in [0.2, 0.25) is 0 Å². The molecule has 2 heteroatoms. The lowest BCUT2D eigenvalue weighted by Crippen LogP contribution is -2.37. The average molecular weight is 259 g/mol. The molecule has 0 radical (unpaired) electrons. The molecule has 1 aromatic carbocycles. The smallest absolute Gasteiger partial charge is 0.115 e. The minimum absolute atomic E-state index is 0.419. The number of phenolic OH excluding ortho intramolecular Hbond substituents is 1. The zero-order chi connectivity index (χ0) is 13.2. The van der Waals surface area contributed by atoms with E-state index < -0.39 is 0 Å². The number of fused-ring (bicyclic) bond motifs is 1. The molecule has 0 bridgehead atoms. The van der Waals surface area contributed by atoms with Gasteiger partial charge in [0.2, 0.25) is 0 Å². The van der Waals surface area contributed by atoms with Crippen molar-refractivity contribution < 1.29 is 5.11 Å². The summed E-state index contributed by atoms with van der Waals surface area (Å²) in [7, 11) is 2.29. The van der Waals surface area contributed by atoms with Gasteiger partial charge >= 0.3 is 0 Å². The van der Waals surface area contributed by atoms with Crippen LogP contribution in [0.25, 0.3) is 0 Å². The molecule has 0 saturated heterocycles. The first kappa shape index (κ1) is 13.0. The van der Waals surface area contributed by atoms with E-state index in [0.29, 0.717) is 11.8 Å². The molecule has 0 amide bonds. The number of nitrogens with zero attached hydrogens (tertiary/aromatic N) is 1. The molecule has 3 rings (SSSR count). The van der Waals surface area contributed by atoms with E-state index in [2.05, 4.69) is 18.0 Å². The van der Waals surface area contributed by atoms with Crippen LogP contribution in [0.1, 0.15) is 62.1 Å². The van der Waals surface area contributed by atoms with Crippen LogP contribution in [0.5, 0.6) is 5.75 Å². The van der Waals surface area contributed by atoms with Crippen molar-refractivity contribution in [2.75, 3.05) is 7.05 Å². The van der Waals surface area contributed by atoms with Gasteiger partial charge in [-0.3, -0.25) is 4.90 Å². The Balaban J connectivity index is 1.83. The van der Waals surface area contributed by atoms with Gasteiger partial charge in [-0.25, -0.2) is 0 Å². The molecule has 0 aromatic heterocycles. The second-order valence-corrected chi connectivity index (χ2v) is 6.25. The maximum Gasteiger partial charge on any atom is 0.115 e. The van der Waals surface area contributed by atoms with Gasteiger partial charge in [0.05, 0.1) is 0 Å². The van der Waals surface area contributed by atoms with E-state index in [1.165, 1.54) is 62.5 Å². The molecule has 19 heavy (non-hydrogen) atoms. The lowest BCUT2D eigenvalue weighted by molar-refractivity contribution is 0.125. The van der Waals surface area contributed by atoms with Crippen LogP contribution < -0.4 is 0 Å². The first-order valence-corrected chi connectivity index (χ1v) is 7.79. The number of aromatic hydroxyl groups is 1. The topological polar surface area (TPSA) is 23.5 Å². The fourth-order valence-electron chi connectivity index (χ4n) is 3.93. The molecular formula is C17H25NO. The Labute approximate surface area is 116 Å². The van der Waals surface area contributed by atoms with Crippen molar-refractivity contribution in [1.82, 2.24) is 4.90 Å². The highest BCUT2D eigenvalue weighted by Gasteiger charge is 2.29. The van der Waals surface area contributed by atoms with Crippen LogP contribution in [-0.4, -0.2) is 23.1 Å². The lowest BCUT2D eigenvalue weighted by Gasteiger charge is -2.40. The Bertz CT molecular complexity index is 437. The number of hydrogen-bond donors (Lipinski definition) is 1. The maximum absolute atomic E-state index is 9.78. The van der Waals surface area contributed by atoms with Crippen molar-refractivity contribution in [3.8, 4) is 5.75 Å². The van der Waals surface area contributed by atoms with E-state index in [0.717, 1.165) is 6.04 Å². The molecule has 1 N–H and O–H groups in total. The minimum Gasteiger partial charge on any atom is -0.508 e. The van der Waals surface area contributed by atoms with Crippen molar-refractivity contribution in [3.05, 3.63) is 29.3 Å². The maximum atomic E-state index is 9.78. The minimum atomic E-state index is 0.419. The third-order valence-electron chi connectivity index (χ3n) is 5.05. The zero-order valence-electron chi connectivity index (χ0n) is 11.9. The largest absolute Gasteiger partial charge is 0.508 e. The van der Waals surface area contributed by atoms with E-state index >= 15 is 0 Å².